The number of carbonyl (C=O) groups is 1. The van der Waals surface area contributed by atoms with E-state index in [0.29, 0.717) is 5.82 Å². The smallest absolute Gasteiger partial charge is 0.276 e. The Morgan fingerprint density at radius 1 is 0.833 bits per heavy atom. The summed E-state index contributed by atoms with van der Waals surface area (Å²) in [4.78, 5) is 12.0. The molecule has 24 heavy (non-hydrogen) atoms. The number of hydrogen-bond donors (Lipinski definition) is 2. The van der Waals surface area contributed by atoms with E-state index in [0.717, 1.165) is 17.8 Å². The molecule has 2 aromatic carbocycles. The van der Waals surface area contributed by atoms with Crippen molar-refractivity contribution in [2.75, 3.05) is 10.6 Å². The molecule has 5 nitrogen and oxygen atoms in total. The first-order chi connectivity index (χ1) is 11.6. The molecular formula is C17H12F2N4O. The van der Waals surface area contributed by atoms with E-state index in [1.54, 1.807) is 6.07 Å². The van der Waals surface area contributed by atoms with Gasteiger partial charge in [-0.25, -0.2) is 8.78 Å². The highest BCUT2D eigenvalue weighted by molar-refractivity contribution is 6.02. The molecule has 3 rings (SSSR count). The third-order valence-corrected chi connectivity index (χ3v) is 3.14. The highest BCUT2D eigenvalue weighted by Gasteiger charge is 2.14. The predicted molar refractivity (Wildman–Crippen MR) is 86.1 cm³/mol. The quantitative estimate of drug-likeness (QED) is 0.766. The molecule has 120 valence electrons. The second kappa shape index (κ2) is 6.82. The van der Waals surface area contributed by atoms with Crippen molar-refractivity contribution in [3.63, 3.8) is 0 Å². The Bertz CT molecular complexity index is 834. The minimum absolute atomic E-state index is 0.0590. The standard InChI is InChI=1S/C17H12F2N4O/c18-12-7-4-8-13(19)16(12)21-17(24)14-9-10-15(23-22-14)20-11-5-2-1-3-6-11/h1-10H,(H,20,23)(H,21,24). The molecule has 3 aromatic rings. The molecule has 0 saturated carbocycles. The molecule has 2 N–H and O–H groups in total. The van der Waals surface area contributed by atoms with Crippen LogP contribution in [0.3, 0.4) is 0 Å². The summed E-state index contributed by atoms with van der Waals surface area (Å²) in [7, 11) is 0. The van der Waals surface area contributed by atoms with E-state index in [2.05, 4.69) is 20.8 Å². The molecule has 0 fully saturated rings. The molecule has 0 bridgehead atoms. The van der Waals surface area contributed by atoms with Gasteiger partial charge in [0.2, 0.25) is 0 Å². The first-order valence-corrected chi connectivity index (χ1v) is 7.04. The monoisotopic (exact) mass is 326 g/mol. The fourth-order valence-electron chi connectivity index (χ4n) is 1.98. The van der Waals surface area contributed by atoms with Gasteiger partial charge >= 0.3 is 0 Å². The number of benzene rings is 2. The van der Waals surface area contributed by atoms with Gasteiger partial charge in [-0.3, -0.25) is 4.79 Å². The van der Waals surface area contributed by atoms with Crippen molar-refractivity contribution in [3.8, 4) is 0 Å². The number of hydrogen-bond acceptors (Lipinski definition) is 4. The van der Waals surface area contributed by atoms with Gasteiger partial charge in [0.25, 0.3) is 5.91 Å². The van der Waals surface area contributed by atoms with Gasteiger partial charge in [-0.1, -0.05) is 24.3 Å². The van der Waals surface area contributed by atoms with Crippen LogP contribution >= 0.6 is 0 Å². The average molecular weight is 326 g/mol. The Balaban J connectivity index is 1.72. The Kier molecular flexibility index (Phi) is 4.42. The van der Waals surface area contributed by atoms with Crippen molar-refractivity contribution in [1.29, 1.82) is 0 Å². The van der Waals surface area contributed by atoms with Crippen LogP contribution < -0.4 is 10.6 Å². The highest BCUT2D eigenvalue weighted by atomic mass is 19.1. The summed E-state index contributed by atoms with van der Waals surface area (Å²) < 4.78 is 27.1. The fourth-order valence-corrected chi connectivity index (χ4v) is 1.98. The van der Waals surface area contributed by atoms with E-state index < -0.39 is 23.2 Å². The average Bonchev–Trinajstić information content (AvgIpc) is 2.60. The number of nitrogens with one attached hydrogen (secondary N) is 2. The number of carbonyl (C=O) groups excluding carboxylic acids is 1. The lowest BCUT2D eigenvalue weighted by atomic mass is 10.2. The van der Waals surface area contributed by atoms with E-state index in [1.807, 2.05) is 30.3 Å². The second-order valence-corrected chi connectivity index (χ2v) is 4.85. The van der Waals surface area contributed by atoms with Gasteiger partial charge in [-0.2, -0.15) is 0 Å². The van der Waals surface area contributed by atoms with Gasteiger partial charge < -0.3 is 10.6 Å². The number of anilines is 3. The first kappa shape index (κ1) is 15.5. The van der Waals surface area contributed by atoms with Crippen molar-refractivity contribution < 1.29 is 13.6 Å². The van der Waals surface area contributed by atoms with E-state index in [-0.39, 0.29) is 5.69 Å². The first-order valence-electron chi connectivity index (χ1n) is 7.04. The molecule has 0 aliphatic heterocycles. The summed E-state index contributed by atoms with van der Waals surface area (Å²) >= 11 is 0. The third kappa shape index (κ3) is 3.52. The minimum Gasteiger partial charge on any atom is -0.339 e. The van der Waals surface area contributed by atoms with Crippen molar-refractivity contribution in [3.05, 3.63) is 78.0 Å². The van der Waals surface area contributed by atoms with Crippen LogP contribution in [0.25, 0.3) is 0 Å². The molecule has 0 aliphatic rings. The number of rotatable bonds is 4. The molecule has 0 radical (unpaired) electrons. The van der Waals surface area contributed by atoms with E-state index in [4.69, 9.17) is 0 Å². The van der Waals surface area contributed by atoms with Crippen LogP contribution in [0.4, 0.5) is 26.0 Å². The van der Waals surface area contributed by atoms with Gasteiger partial charge in [0, 0.05) is 5.69 Å². The Morgan fingerprint density at radius 3 is 2.17 bits per heavy atom. The van der Waals surface area contributed by atoms with Crippen molar-refractivity contribution >= 4 is 23.1 Å². The van der Waals surface area contributed by atoms with Gasteiger partial charge in [0.05, 0.1) is 0 Å². The highest BCUT2D eigenvalue weighted by Crippen LogP contribution is 2.19. The lowest BCUT2D eigenvalue weighted by molar-refractivity contribution is 0.102. The van der Waals surface area contributed by atoms with Crippen molar-refractivity contribution in [2.24, 2.45) is 0 Å². The maximum Gasteiger partial charge on any atom is 0.276 e. The van der Waals surface area contributed by atoms with Gasteiger partial charge in [-0.15, -0.1) is 10.2 Å². The number of para-hydroxylation sites is 2. The number of amides is 1. The van der Waals surface area contributed by atoms with Crippen LogP contribution in [-0.2, 0) is 0 Å². The lowest BCUT2D eigenvalue weighted by Crippen LogP contribution is -2.16. The topological polar surface area (TPSA) is 66.9 Å². The summed E-state index contributed by atoms with van der Waals surface area (Å²) in [5.74, 6) is -2.04. The molecule has 7 heteroatoms. The van der Waals surface area contributed by atoms with E-state index >= 15 is 0 Å². The summed E-state index contributed by atoms with van der Waals surface area (Å²) in [6, 6.07) is 15.6. The Hall–Kier alpha value is -3.35. The summed E-state index contributed by atoms with van der Waals surface area (Å²) in [5.41, 5.74) is 0.240. The molecule has 0 saturated heterocycles. The summed E-state index contributed by atoms with van der Waals surface area (Å²) in [6.07, 6.45) is 0. The molecule has 1 amide bonds. The van der Waals surface area contributed by atoms with Crippen molar-refractivity contribution in [2.45, 2.75) is 0 Å². The zero-order chi connectivity index (χ0) is 16.9. The Labute approximate surface area is 136 Å². The maximum absolute atomic E-state index is 13.5. The third-order valence-electron chi connectivity index (χ3n) is 3.14. The molecule has 1 aromatic heterocycles. The van der Waals surface area contributed by atoms with Crippen LogP contribution in [-0.4, -0.2) is 16.1 Å². The zero-order valence-corrected chi connectivity index (χ0v) is 12.3. The van der Waals surface area contributed by atoms with Gasteiger partial charge in [-0.05, 0) is 36.4 Å². The predicted octanol–water partition coefficient (Wildman–Crippen LogP) is 3.75. The molecule has 0 aliphatic carbocycles. The Morgan fingerprint density at radius 2 is 1.54 bits per heavy atom. The number of aromatic nitrogens is 2. The van der Waals surface area contributed by atoms with Gasteiger partial charge in [0.1, 0.15) is 17.3 Å². The van der Waals surface area contributed by atoms with Crippen LogP contribution in [0.5, 0.6) is 0 Å². The SMILES string of the molecule is O=C(Nc1c(F)cccc1F)c1ccc(Nc2ccccc2)nn1. The van der Waals surface area contributed by atoms with E-state index in [9.17, 15) is 13.6 Å². The van der Waals surface area contributed by atoms with Crippen LogP contribution in [0, 0.1) is 11.6 Å². The number of nitrogens with zero attached hydrogens (tertiary/aromatic N) is 2. The number of halogens is 2. The summed E-state index contributed by atoms with van der Waals surface area (Å²) in [6.45, 7) is 0. The molecule has 0 spiro atoms. The largest absolute Gasteiger partial charge is 0.339 e. The van der Waals surface area contributed by atoms with Crippen molar-refractivity contribution in [1.82, 2.24) is 10.2 Å². The van der Waals surface area contributed by atoms with Gasteiger partial charge in [0.15, 0.2) is 11.5 Å². The normalized spacial score (nSPS) is 10.2. The lowest BCUT2D eigenvalue weighted by Gasteiger charge is -2.07. The molecule has 1 heterocycles. The fraction of sp³-hybridized carbons (Fsp3) is 0. The van der Waals surface area contributed by atoms with Crippen LogP contribution in [0.2, 0.25) is 0 Å². The maximum atomic E-state index is 13.5. The second-order valence-electron chi connectivity index (χ2n) is 4.85. The zero-order valence-electron chi connectivity index (χ0n) is 12.3. The molecular weight excluding hydrogens is 314 g/mol. The minimum atomic E-state index is -0.862. The van der Waals surface area contributed by atoms with E-state index in [1.165, 1.54) is 12.1 Å². The summed E-state index contributed by atoms with van der Waals surface area (Å²) in [5, 5.41) is 12.8. The molecule has 0 unspecified atom stereocenters. The van der Waals surface area contributed by atoms with Crippen LogP contribution in [0.15, 0.2) is 60.7 Å². The van der Waals surface area contributed by atoms with Crippen LogP contribution in [0.1, 0.15) is 10.5 Å². The molecule has 0 atom stereocenters.